The summed E-state index contributed by atoms with van der Waals surface area (Å²) in [6.45, 7) is 4.78. The molecule has 0 heterocycles. The van der Waals surface area contributed by atoms with Gasteiger partial charge in [-0.05, 0) is 73.2 Å². The largest absolute Gasteiger partial charge is 0.354 e. The third-order valence-electron chi connectivity index (χ3n) is 7.28. The van der Waals surface area contributed by atoms with E-state index >= 15 is 0 Å². The predicted molar refractivity (Wildman–Crippen MR) is 111 cm³/mol. The number of carbonyl (C=O) groups excluding carboxylic acids is 2. The topological polar surface area (TPSA) is 58.2 Å². The highest BCUT2D eigenvalue weighted by Gasteiger charge is 2.50. The first kappa shape index (κ1) is 19.5. The van der Waals surface area contributed by atoms with Gasteiger partial charge in [-0.3, -0.25) is 9.59 Å². The Kier molecular flexibility index (Phi) is 5.48. The Balaban J connectivity index is 1.33. The lowest BCUT2D eigenvalue weighted by Crippen LogP contribution is -2.55. The minimum absolute atomic E-state index is 0.0212. The molecule has 0 saturated heterocycles. The molecule has 4 bridgehead atoms. The molecule has 28 heavy (non-hydrogen) atoms. The van der Waals surface area contributed by atoms with Crippen LogP contribution in [0, 0.1) is 29.1 Å². The van der Waals surface area contributed by atoms with Gasteiger partial charge in [-0.25, -0.2) is 0 Å². The van der Waals surface area contributed by atoms with Crippen LogP contribution in [0.25, 0.3) is 0 Å². The molecule has 4 aliphatic carbocycles. The van der Waals surface area contributed by atoms with E-state index in [1.807, 2.05) is 44.2 Å². The molecule has 0 radical (unpaired) electrons. The van der Waals surface area contributed by atoms with Crippen LogP contribution in [0.3, 0.4) is 0 Å². The summed E-state index contributed by atoms with van der Waals surface area (Å²) >= 11 is 0. The Morgan fingerprint density at radius 3 is 2.11 bits per heavy atom. The molecule has 0 spiro atoms. The van der Waals surface area contributed by atoms with Gasteiger partial charge in [0.25, 0.3) is 0 Å². The standard InChI is InChI=1S/C24H34N2O2/c1-16(2)22(26-21(27)11-17-6-4-3-5-7-17)23(28)25-15-24-12-18-8-19(13-24)10-20(9-18)14-24/h3-7,16,18-20,22H,8-15H2,1-2H3,(H,25,28)(H,26,27)/t18?,19?,20?,22-,24?/m0/s1. The van der Waals surface area contributed by atoms with Gasteiger partial charge in [0.1, 0.15) is 6.04 Å². The zero-order chi connectivity index (χ0) is 19.7. The molecule has 2 amide bonds. The van der Waals surface area contributed by atoms with Crippen molar-refractivity contribution in [3.8, 4) is 0 Å². The van der Waals surface area contributed by atoms with E-state index in [4.69, 9.17) is 0 Å². The van der Waals surface area contributed by atoms with E-state index in [0.717, 1.165) is 29.9 Å². The smallest absolute Gasteiger partial charge is 0.242 e. The van der Waals surface area contributed by atoms with Gasteiger partial charge in [0, 0.05) is 6.54 Å². The zero-order valence-electron chi connectivity index (χ0n) is 17.2. The summed E-state index contributed by atoms with van der Waals surface area (Å²) in [4.78, 5) is 25.4. The minimum Gasteiger partial charge on any atom is -0.354 e. The Morgan fingerprint density at radius 2 is 1.57 bits per heavy atom. The SMILES string of the molecule is CC(C)[C@H](NC(=O)Cc1ccccc1)C(=O)NCC12CC3CC(CC(C3)C1)C2. The summed E-state index contributed by atoms with van der Waals surface area (Å²) in [6, 6.07) is 9.22. The molecule has 1 aromatic rings. The minimum atomic E-state index is -0.467. The predicted octanol–water partition coefficient (Wildman–Crippen LogP) is 3.70. The van der Waals surface area contributed by atoms with Crippen molar-refractivity contribution in [1.82, 2.24) is 10.6 Å². The second-order valence-corrected chi connectivity index (χ2v) is 10.1. The molecular weight excluding hydrogens is 348 g/mol. The second-order valence-electron chi connectivity index (χ2n) is 10.1. The van der Waals surface area contributed by atoms with Crippen LogP contribution in [0.15, 0.2) is 30.3 Å². The van der Waals surface area contributed by atoms with Crippen molar-refractivity contribution in [3.63, 3.8) is 0 Å². The van der Waals surface area contributed by atoms with Crippen molar-refractivity contribution in [2.75, 3.05) is 6.54 Å². The summed E-state index contributed by atoms with van der Waals surface area (Å²) < 4.78 is 0. The molecular formula is C24H34N2O2. The van der Waals surface area contributed by atoms with Crippen LogP contribution in [-0.4, -0.2) is 24.4 Å². The maximum atomic E-state index is 12.9. The van der Waals surface area contributed by atoms with Crippen molar-refractivity contribution >= 4 is 11.8 Å². The van der Waals surface area contributed by atoms with Gasteiger partial charge in [-0.15, -0.1) is 0 Å². The number of carbonyl (C=O) groups is 2. The van der Waals surface area contributed by atoms with E-state index in [0.29, 0.717) is 11.8 Å². The van der Waals surface area contributed by atoms with Crippen molar-refractivity contribution < 1.29 is 9.59 Å². The van der Waals surface area contributed by atoms with Gasteiger partial charge in [0.2, 0.25) is 11.8 Å². The Hall–Kier alpha value is -1.84. The van der Waals surface area contributed by atoms with E-state index in [9.17, 15) is 9.59 Å². The lowest BCUT2D eigenvalue weighted by molar-refractivity contribution is -0.131. The molecule has 2 N–H and O–H groups in total. The average Bonchev–Trinajstić information content (AvgIpc) is 2.64. The normalized spacial score (nSPS) is 31.6. The molecule has 4 saturated carbocycles. The van der Waals surface area contributed by atoms with Crippen LogP contribution in [0.1, 0.15) is 57.9 Å². The van der Waals surface area contributed by atoms with Crippen molar-refractivity contribution in [2.24, 2.45) is 29.1 Å². The lowest BCUT2D eigenvalue weighted by Gasteiger charge is -2.57. The van der Waals surface area contributed by atoms with Crippen LogP contribution in [0.4, 0.5) is 0 Å². The third-order valence-corrected chi connectivity index (χ3v) is 7.28. The molecule has 0 aromatic heterocycles. The molecule has 152 valence electrons. The highest BCUT2D eigenvalue weighted by atomic mass is 16.2. The van der Waals surface area contributed by atoms with Gasteiger partial charge >= 0.3 is 0 Å². The molecule has 0 aliphatic heterocycles. The molecule has 4 aliphatic rings. The quantitative estimate of drug-likeness (QED) is 0.755. The van der Waals surface area contributed by atoms with Crippen molar-refractivity contribution in [1.29, 1.82) is 0 Å². The van der Waals surface area contributed by atoms with Gasteiger partial charge in [-0.1, -0.05) is 44.2 Å². The third kappa shape index (κ3) is 4.26. The fourth-order valence-corrected chi connectivity index (χ4v) is 6.43. The first-order chi connectivity index (χ1) is 13.4. The molecule has 4 nitrogen and oxygen atoms in total. The number of hydrogen-bond donors (Lipinski definition) is 2. The summed E-state index contributed by atoms with van der Waals surface area (Å²) in [6.07, 6.45) is 8.41. The number of hydrogen-bond acceptors (Lipinski definition) is 2. The monoisotopic (exact) mass is 382 g/mol. The number of rotatable bonds is 7. The Morgan fingerprint density at radius 1 is 1.00 bits per heavy atom. The highest BCUT2D eigenvalue weighted by molar-refractivity contribution is 5.88. The summed E-state index contributed by atoms with van der Waals surface area (Å²) in [7, 11) is 0. The first-order valence-corrected chi connectivity index (χ1v) is 11.0. The zero-order valence-corrected chi connectivity index (χ0v) is 17.2. The maximum Gasteiger partial charge on any atom is 0.242 e. The van der Waals surface area contributed by atoms with Gasteiger partial charge in [0.15, 0.2) is 0 Å². The van der Waals surface area contributed by atoms with Gasteiger partial charge < -0.3 is 10.6 Å². The lowest BCUT2D eigenvalue weighted by atomic mass is 9.49. The molecule has 5 rings (SSSR count). The van der Waals surface area contributed by atoms with E-state index < -0.39 is 6.04 Å². The molecule has 1 atom stereocenters. The number of benzene rings is 1. The van der Waals surface area contributed by atoms with E-state index in [2.05, 4.69) is 10.6 Å². The van der Waals surface area contributed by atoms with Crippen molar-refractivity contribution in [3.05, 3.63) is 35.9 Å². The van der Waals surface area contributed by atoms with Gasteiger partial charge in [-0.2, -0.15) is 0 Å². The van der Waals surface area contributed by atoms with Crippen LogP contribution < -0.4 is 10.6 Å². The Labute approximate surface area is 168 Å². The molecule has 1 aromatic carbocycles. The Bertz CT molecular complexity index is 677. The second kappa shape index (κ2) is 7.88. The van der Waals surface area contributed by atoms with E-state index in [1.165, 1.54) is 38.5 Å². The summed E-state index contributed by atoms with van der Waals surface area (Å²) in [5, 5.41) is 6.21. The van der Waals surface area contributed by atoms with Crippen molar-refractivity contribution in [2.45, 2.75) is 64.8 Å². The average molecular weight is 383 g/mol. The number of nitrogens with one attached hydrogen (secondary N) is 2. The molecule has 4 heteroatoms. The molecule has 4 fully saturated rings. The van der Waals surface area contributed by atoms with E-state index in [-0.39, 0.29) is 17.7 Å². The number of amides is 2. The van der Waals surface area contributed by atoms with E-state index in [1.54, 1.807) is 0 Å². The summed E-state index contributed by atoms with van der Waals surface area (Å²) in [5.74, 6) is 2.61. The highest BCUT2D eigenvalue weighted by Crippen LogP contribution is 2.59. The molecule has 0 unspecified atom stereocenters. The fourth-order valence-electron chi connectivity index (χ4n) is 6.43. The van der Waals surface area contributed by atoms with Gasteiger partial charge in [0.05, 0.1) is 6.42 Å². The van der Waals surface area contributed by atoms with Crippen LogP contribution >= 0.6 is 0 Å². The first-order valence-electron chi connectivity index (χ1n) is 11.0. The van der Waals surface area contributed by atoms with Crippen LogP contribution in [0.5, 0.6) is 0 Å². The fraction of sp³-hybridized carbons (Fsp3) is 0.667. The maximum absolute atomic E-state index is 12.9. The van der Waals surface area contributed by atoms with Crippen LogP contribution in [-0.2, 0) is 16.0 Å². The van der Waals surface area contributed by atoms with Crippen LogP contribution in [0.2, 0.25) is 0 Å². The summed E-state index contributed by atoms with van der Waals surface area (Å²) in [5.41, 5.74) is 1.29.